The zero-order valence-electron chi connectivity index (χ0n) is 19.1. The second-order valence-electron chi connectivity index (χ2n) is 8.25. The average molecular weight is 447 g/mol. The molecule has 4 nitrogen and oxygen atoms in total. The van der Waals surface area contributed by atoms with Crippen LogP contribution in [0.5, 0.6) is 0 Å². The Hall–Kier alpha value is -1.75. The second-order valence-corrected chi connectivity index (χ2v) is 9.50. The smallest absolute Gasteiger partial charge is 0.309 e. The predicted molar refractivity (Wildman–Crippen MR) is 127 cm³/mol. The van der Waals surface area contributed by atoms with Gasteiger partial charge in [0, 0.05) is 22.5 Å². The van der Waals surface area contributed by atoms with Gasteiger partial charge >= 0.3 is 11.9 Å². The molecule has 0 amide bonds. The number of ether oxygens (including phenoxy) is 2. The maximum Gasteiger partial charge on any atom is 0.309 e. The van der Waals surface area contributed by atoms with Gasteiger partial charge in [-0.15, -0.1) is 11.8 Å². The van der Waals surface area contributed by atoms with Gasteiger partial charge in [0.05, 0.1) is 19.6 Å². The molecule has 0 N–H and O–H groups in total. The molecular formula is C26H38O4S. The largest absolute Gasteiger partial charge is 0.469 e. The lowest BCUT2D eigenvalue weighted by Gasteiger charge is -2.23. The number of allylic oxidation sites excluding steroid dienone is 1. The number of methoxy groups -OCH3 is 1. The van der Waals surface area contributed by atoms with E-state index >= 15 is 0 Å². The standard InChI is InChI=1S/C26H38O4S/c1-3-4-5-6-13-18-24(31-21-15-10-9-11-16-21)23-20-30-26(28)22(23)17-12-7-8-14-19-25(27)29-2/h9-11,13,15-16,18,22-24H,3-8,12,14,17,19-20H2,1-2H3. The van der Waals surface area contributed by atoms with Crippen molar-refractivity contribution < 1.29 is 19.1 Å². The lowest BCUT2D eigenvalue weighted by atomic mass is 9.87. The molecule has 1 aromatic carbocycles. The third-order valence-corrected chi connectivity index (χ3v) is 7.17. The first-order valence-corrected chi connectivity index (χ1v) is 12.7. The van der Waals surface area contributed by atoms with Crippen molar-refractivity contribution in [1.29, 1.82) is 0 Å². The van der Waals surface area contributed by atoms with Gasteiger partial charge in [-0.1, -0.05) is 69.4 Å². The Balaban J connectivity index is 1.92. The van der Waals surface area contributed by atoms with E-state index in [0.29, 0.717) is 13.0 Å². The van der Waals surface area contributed by atoms with Crippen LogP contribution in [0.1, 0.15) is 71.1 Å². The van der Waals surface area contributed by atoms with Crippen molar-refractivity contribution in [2.24, 2.45) is 11.8 Å². The zero-order valence-corrected chi connectivity index (χ0v) is 19.9. The molecule has 1 saturated heterocycles. The topological polar surface area (TPSA) is 52.6 Å². The van der Waals surface area contributed by atoms with Gasteiger partial charge in [0.25, 0.3) is 0 Å². The number of carbonyl (C=O) groups is 2. The molecule has 3 atom stereocenters. The Kier molecular flexibility index (Phi) is 12.4. The molecule has 1 aliphatic heterocycles. The minimum absolute atomic E-state index is 0.0397. The van der Waals surface area contributed by atoms with E-state index in [4.69, 9.17) is 4.74 Å². The first-order valence-electron chi connectivity index (χ1n) is 11.8. The van der Waals surface area contributed by atoms with Crippen LogP contribution >= 0.6 is 11.8 Å². The fourth-order valence-corrected chi connectivity index (χ4v) is 5.25. The van der Waals surface area contributed by atoms with Crippen molar-refractivity contribution in [3.63, 3.8) is 0 Å². The number of hydrogen-bond donors (Lipinski definition) is 0. The second kappa shape index (κ2) is 15.1. The molecule has 5 heteroatoms. The van der Waals surface area contributed by atoms with Crippen LogP contribution in [0, 0.1) is 11.8 Å². The predicted octanol–water partition coefficient (Wildman–Crippen LogP) is 6.59. The van der Waals surface area contributed by atoms with Crippen molar-refractivity contribution in [3.05, 3.63) is 42.5 Å². The summed E-state index contributed by atoms with van der Waals surface area (Å²) in [5, 5.41) is 0.236. The van der Waals surface area contributed by atoms with E-state index in [1.54, 1.807) is 0 Å². The quantitative estimate of drug-likeness (QED) is 0.132. The van der Waals surface area contributed by atoms with Gasteiger partial charge in [0.1, 0.15) is 0 Å². The summed E-state index contributed by atoms with van der Waals surface area (Å²) >= 11 is 1.84. The molecule has 0 bridgehead atoms. The van der Waals surface area contributed by atoms with Crippen LogP contribution in [0.2, 0.25) is 0 Å². The highest BCUT2D eigenvalue weighted by atomic mass is 32.2. The van der Waals surface area contributed by atoms with Crippen LogP contribution in [0.4, 0.5) is 0 Å². The molecule has 1 fully saturated rings. The fraction of sp³-hybridized carbons (Fsp3) is 0.615. The minimum Gasteiger partial charge on any atom is -0.469 e. The summed E-state index contributed by atoms with van der Waals surface area (Å²) in [5.41, 5.74) is 0. The van der Waals surface area contributed by atoms with Crippen molar-refractivity contribution in [2.75, 3.05) is 13.7 Å². The lowest BCUT2D eigenvalue weighted by Crippen LogP contribution is -2.25. The van der Waals surface area contributed by atoms with E-state index in [1.807, 2.05) is 17.8 Å². The van der Waals surface area contributed by atoms with Crippen molar-refractivity contribution in [2.45, 2.75) is 81.3 Å². The summed E-state index contributed by atoms with van der Waals surface area (Å²) < 4.78 is 10.2. The molecule has 0 spiro atoms. The van der Waals surface area contributed by atoms with Gasteiger partial charge in [-0.2, -0.15) is 0 Å². The van der Waals surface area contributed by atoms with E-state index in [1.165, 1.54) is 31.3 Å². The molecule has 0 radical (unpaired) electrons. The summed E-state index contributed by atoms with van der Waals surface area (Å²) in [4.78, 5) is 24.9. The van der Waals surface area contributed by atoms with E-state index < -0.39 is 0 Å². The molecule has 1 heterocycles. The Morgan fingerprint density at radius 3 is 2.68 bits per heavy atom. The monoisotopic (exact) mass is 446 g/mol. The molecule has 1 aromatic rings. The van der Waals surface area contributed by atoms with Gasteiger partial charge < -0.3 is 9.47 Å². The molecule has 0 aliphatic carbocycles. The van der Waals surface area contributed by atoms with E-state index in [0.717, 1.165) is 38.5 Å². The number of benzene rings is 1. The fourth-order valence-electron chi connectivity index (χ4n) is 3.99. The summed E-state index contributed by atoms with van der Waals surface area (Å²) in [6.07, 6.45) is 14.6. The third-order valence-electron chi connectivity index (χ3n) is 5.85. The summed E-state index contributed by atoms with van der Waals surface area (Å²) in [5.74, 6) is -0.0270. The molecule has 2 rings (SSSR count). The SMILES string of the molecule is CCCCCC=CC(Sc1ccccc1)C1COC(=O)C1CCCCCCC(=O)OC. The number of esters is 2. The Labute approximate surface area is 192 Å². The number of unbranched alkanes of at least 4 members (excludes halogenated alkanes) is 6. The first-order chi connectivity index (χ1) is 15.2. The highest BCUT2D eigenvalue weighted by molar-refractivity contribution is 8.00. The molecule has 1 aliphatic rings. The third kappa shape index (κ3) is 9.51. The van der Waals surface area contributed by atoms with E-state index in [-0.39, 0.29) is 29.0 Å². The van der Waals surface area contributed by atoms with Crippen molar-refractivity contribution in [1.82, 2.24) is 0 Å². The molecule has 0 saturated carbocycles. The Bertz CT molecular complexity index is 673. The van der Waals surface area contributed by atoms with Crippen LogP contribution in [-0.4, -0.2) is 30.9 Å². The van der Waals surface area contributed by atoms with Crippen LogP contribution in [0.25, 0.3) is 0 Å². The Morgan fingerprint density at radius 1 is 1.16 bits per heavy atom. The maximum absolute atomic E-state index is 12.5. The highest BCUT2D eigenvalue weighted by Gasteiger charge is 2.40. The van der Waals surface area contributed by atoms with Crippen molar-refractivity contribution in [3.8, 4) is 0 Å². The minimum atomic E-state index is -0.147. The summed E-state index contributed by atoms with van der Waals surface area (Å²) in [6.45, 7) is 2.73. The summed E-state index contributed by atoms with van der Waals surface area (Å²) in [6, 6.07) is 10.4. The van der Waals surface area contributed by atoms with Crippen LogP contribution < -0.4 is 0 Å². The normalized spacial score (nSPS) is 19.5. The molecule has 0 aromatic heterocycles. The maximum atomic E-state index is 12.5. The van der Waals surface area contributed by atoms with Gasteiger partial charge in [-0.05, 0) is 37.8 Å². The van der Waals surface area contributed by atoms with Gasteiger partial charge in [0.2, 0.25) is 0 Å². The molecule has 172 valence electrons. The van der Waals surface area contributed by atoms with Gasteiger partial charge in [0.15, 0.2) is 0 Å². The van der Waals surface area contributed by atoms with Crippen LogP contribution in [0.3, 0.4) is 0 Å². The number of carbonyl (C=O) groups excluding carboxylic acids is 2. The van der Waals surface area contributed by atoms with Gasteiger partial charge in [-0.25, -0.2) is 0 Å². The summed E-state index contributed by atoms with van der Waals surface area (Å²) in [7, 11) is 1.43. The Morgan fingerprint density at radius 2 is 1.94 bits per heavy atom. The number of hydrogen-bond acceptors (Lipinski definition) is 5. The number of thioether (sulfide) groups is 1. The van der Waals surface area contributed by atoms with Gasteiger partial charge in [-0.3, -0.25) is 9.59 Å². The number of rotatable bonds is 15. The van der Waals surface area contributed by atoms with E-state index in [9.17, 15) is 9.59 Å². The number of cyclic esters (lactones) is 1. The lowest BCUT2D eigenvalue weighted by molar-refractivity contribution is -0.141. The van der Waals surface area contributed by atoms with E-state index in [2.05, 4.69) is 48.1 Å². The highest BCUT2D eigenvalue weighted by Crippen LogP contribution is 2.39. The van der Waals surface area contributed by atoms with Crippen LogP contribution in [-0.2, 0) is 19.1 Å². The molecule has 31 heavy (non-hydrogen) atoms. The first kappa shape index (κ1) is 25.5. The molecule has 3 unspecified atom stereocenters. The molecular weight excluding hydrogens is 408 g/mol. The zero-order chi connectivity index (χ0) is 22.3. The average Bonchev–Trinajstić information content (AvgIpc) is 3.15. The van der Waals surface area contributed by atoms with Crippen LogP contribution in [0.15, 0.2) is 47.4 Å². The van der Waals surface area contributed by atoms with Crippen molar-refractivity contribution >= 4 is 23.7 Å².